The molecule has 88 valence electrons. The summed E-state index contributed by atoms with van der Waals surface area (Å²) < 4.78 is 4.74. The maximum atomic E-state index is 6.04. The lowest BCUT2D eigenvalue weighted by Crippen LogP contribution is -2.14. The van der Waals surface area contributed by atoms with Gasteiger partial charge in [-0.25, -0.2) is 0 Å². The van der Waals surface area contributed by atoms with Crippen LogP contribution in [0.3, 0.4) is 0 Å². The normalized spacial score (nSPS) is 10.2. The van der Waals surface area contributed by atoms with Gasteiger partial charge in [0.15, 0.2) is 0 Å². The molecule has 0 saturated carbocycles. The van der Waals surface area contributed by atoms with E-state index < -0.39 is 0 Å². The monoisotopic (exact) mass is 267 g/mol. The van der Waals surface area contributed by atoms with Crippen LogP contribution in [0.2, 0.25) is 5.02 Å². The molecule has 0 fully saturated rings. The van der Waals surface area contributed by atoms with E-state index in [2.05, 4.69) is 10.5 Å². The van der Waals surface area contributed by atoms with Crippen LogP contribution >= 0.6 is 23.8 Å². The van der Waals surface area contributed by atoms with E-state index in [9.17, 15) is 0 Å². The molecule has 0 amide bonds. The van der Waals surface area contributed by atoms with Gasteiger partial charge in [-0.05, 0) is 12.1 Å². The van der Waals surface area contributed by atoms with Gasteiger partial charge in [-0.15, -0.1) is 0 Å². The van der Waals surface area contributed by atoms with Crippen LogP contribution in [0, 0.1) is 0 Å². The highest BCUT2D eigenvalue weighted by Gasteiger charge is 2.09. The van der Waals surface area contributed by atoms with Gasteiger partial charge in [0.1, 0.15) is 16.9 Å². The first-order chi connectivity index (χ1) is 8.18. The third kappa shape index (κ3) is 2.75. The summed E-state index contributed by atoms with van der Waals surface area (Å²) in [5.74, 6) is 0. The number of halogens is 1. The largest absolute Gasteiger partial charge is 0.389 e. The zero-order valence-electron chi connectivity index (χ0n) is 8.81. The summed E-state index contributed by atoms with van der Waals surface area (Å²) in [5, 5.41) is 7.49. The molecule has 0 bridgehead atoms. The molecule has 1 heterocycles. The van der Waals surface area contributed by atoms with Crippen molar-refractivity contribution in [1.29, 1.82) is 0 Å². The molecule has 3 N–H and O–H groups in total. The van der Waals surface area contributed by atoms with Crippen molar-refractivity contribution >= 4 is 34.5 Å². The van der Waals surface area contributed by atoms with Gasteiger partial charge >= 0.3 is 0 Å². The Kier molecular flexibility index (Phi) is 3.61. The lowest BCUT2D eigenvalue weighted by atomic mass is 10.1. The van der Waals surface area contributed by atoms with Crippen LogP contribution in [0.5, 0.6) is 0 Å². The van der Waals surface area contributed by atoms with Crippen molar-refractivity contribution in [3.05, 3.63) is 46.8 Å². The Balaban J connectivity index is 2.21. The predicted octanol–water partition coefficient (Wildman–Crippen LogP) is 2.57. The molecule has 17 heavy (non-hydrogen) atoms. The SMILES string of the molecule is NC(=S)c1c(Cl)cccc1NCc1ccon1. The highest BCUT2D eigenvalue weighted by atomic mass is 35.5. The van der Waals surface area contributed by atoms with Crippen molar-refractivity contribution in [3.8, 4) is 0 Å². The number of nitrogens with two attached hydrogens (primary N) is 1. The van der Waals surface area contributed by atoms with Gasteiger partial charge in [-0.1, -0.05) is 35.0 Å². The van der Waals surface area contributed by atoms with E-state index in [4.69, 9.17) is 34.1 Å². The highest BCUT2D eigenvalue weighted by molar-refractivity contribution is 7.80. The molecule has 2 rings (SSSR count). The highest BCUT2D eigenvalue weighted by Crippen LogP contribution is 2.24. The van der Waals surface area contributed by atoms with E-state index in [1.54, 1.807) is 12.1 Å². The zero-order valence-corrected chi connectivity index (χ0v) is 10.4. The smallest absolute Gasteiger partial charge is 0.124 e. The van der Waals surface area contributed by atoms with E-state index in [0.717, 1.165) is 11.4 Å². The third-order valence-corrected chi connectivity index (χ3v) is 2.73. The van der Waals surface area contributed by atoms with Gasteiger partial charge in [-0.2, -0.15) is 0 Å². The Bertz CT molecular complexity index is 528. The second kappa shape index (κ2) is 5.16. The lowest BCUT2D eigenvalue weighted by molar-refractivity contribution is 0.412. The standard InChI is InChI=1S/C11H10ClN3OS/c12-8-2-1-3-9(10(8)11(13)17)14-6-7-4-5-16-15-7/h1-5,14H,6H2,(H2,13,17). The number of rotatable bonds is 4. The fourth-order valence-corrected chi connectivity index (χ4v) is 1.99. The van der Waals surface area contributed by atoms with Gasteiger partial charge < -0.3 is 15.6 Å². The summed E-state index contributed by atoms with van der Waals surface area (Å²) >= 11 is 11.0. The van der Waals surface area contributed by atoms with Gasteiger partial charge in [0.05, 0.1) is 17.1 Å². The molecule has 1 aromatic carbocycles. The number of thiocarbonyl (C=S) groups is 1. The van der Waals surface area contributed by atoms with Crippen molar-refractivity contribution in [2.24, 2.45) is 5.73 Å². The molecule has 2 aromatic rings. The number of aromatic nitrogens is 1. The van der Waals surface area contributed by atoms with Crippen LogP contribution in [0.4, 0.5) is 5.69 Å². The summed E-state index contributed by atoms with van der Waals surface area (Å²) in [6.07, 6.45) is 1.52. The Morgan fingerprint density at radius 2 is 2.29 bits per heavy atom. The van der Waals surface area contributed by atoms with Crippen LogP contribution in [-0.4, -0.2) is 10.1 Å². The Labute approximate surface area is 109 Å². The predicted molar refractivity (Wildman–Crippen MR) is 71.2 cm³/mol. The minimum absolute atomic E-state index is 0.262. The van der Waals surface area contributed by atoms with E-state index in [-0.39, 0.29) is 4.99 Å². The number of nitrogens with zero attached hydrogens (tertiary/aromatic N) is 1. The van der Waals surface area contributed by atoms with Crippen molar-refractivity contribution in [1.82, 2.24) is 5.16 Å². The Morgan fingerprint density at radius 1 is 1.47 bits per heavy atom. The topological polar surface area (TPSA) is 64.1 Å². The fraction of sp³-hybridized carbons (Fsp3) is 0.0909. The van der Waals surface area contributed by atoms with Crippen molar-refractivity contribution in [2.75, 3.05) is 5.32 Å². The van der Waals surface area contributed by atoms with Crippen LogP contribution < -0.4 is 11.1 Å². The second-order valence-corrected chi connectivity index (χ2v) is 4.22. The quantitative estimate of drug-likeness (QED) is 0.834. The van der Waals surface area contributed by atoms with Crippen LogP contribution in [0.25, 0.3) is 0 Å². The molecule has 0 aliphatic carbocycles. The molecular weight excluding hydrogens is 258 g/mol. The van der Waals surface area contributed by atoms with Crippen molar-refractivity contribution < 1.29 is 4.52 Å². The summed E-state index contributed by atoms with van der Waals surface area (Å²) in [5.41, 5.74) is 7.86. The first kappa shape index (κ1) is 11.9. The van der Waals surface area contributed by atoms with Gasteiger partial charge in [-0.3, -0.25) is 0 Å². The van der Waals surface area contributed by atoms with E-state index >= 15 is 0 Å². The summed E-state index contributed by atoms with van der Waals surface area (Å²) in [7, 11) is 0. The zero-order chi connectivity index (χ0) is 12.3. The number of nitrogens with one attached hydrogen (secondary N) is 1. The van der Waals surface area contributed by atoms with Gasteiger partial charge in [0, 0.05) is 11.8 Å². The Hall–Kier alpha value is -1.59. The van der Waals surface area contributed by atoms with Crippen LogP contribution in [-0.2, 0) is 6.54 Å². The molecule has 0 aliphatic rings. The van der Waals surface area contributed by atoms with Crippen molar-refractivity contribution in [2.45, 2.75) is 6.54 Å². The molecule has 0 saturated heterocycles. The number of anilines is 1. The minimum atomic E-state index is 0.262. The molecule has 0 aliphatic heterocycles. The number of hydrogen-bond donors (Lipinski definition) is 2. The maximum absolute atomic E-state index is 6.04. The third-order valence-electron chi connectivity index (χ3n) is 2.21. The lowest BCUT2D eigenvalue weighted by Gasteiger charge is -2.11. The van der Waals surface area contributed by atoms with Crippen LogP contribution in [0.15, 0.2) is 35.1 Å². The average Bonchev–Trinajstić information content (AvgIpc) is 2.78. The van der Waals surface area contributed by atoms with Crippen molar-refractivity contribution in [3.63, 3.8) is 0 Å². The second-order valence-electron chi connectivity index (χ2n) is 3.37. The van der Waals surface area contributed by atoms with Crippen LogP contribution in [0.1, 0.15) is 11.3 Å². The van der Waals surface area contributed by atoms with E-state index in [0.29, 0.717) is 17.1 Å². The molecule has 4 nitrogen and oxygen atoms in total. The summed E-state index contributed by atoms with van der Waals surface area (Å²) in [4.78, 5) is 0.262. The first-order valence-corrected chi connectivity index (χ1v) is 5.68. The van der Waals surface area contributed by atoms with E-state index in [1.165, 1.54) is 6.26 Å². The summed E-state index contributed by atoms with van der Waals surface area (Å²) in [6, 6.07) is 7.21. The van der Waals surface area contributed by atoms with E-state index in [1.807, 2.05) is 12.1 Å². The Morgan fingerprint density at radius 3 is 2.94 bits per heavy atom. The number of benzene rings is 1. The van der Waals surface area contributed by atoms with Gasteiger partial charge in [0.25, 0.3) is 0 Å². The minimum Gasteiger partial charge on any atom is -0.389 e. The molecule has 0 unspecified atom stereocenters. The first-order valence-electron chi connectivity index (χ1n) is 4.90. The molecule has 0 radical (unpaired) electrons. The average molecular weight is 268 g/mol. The molecule has 0 spiro atoms. The molecule has 1 aromatic heterocycles. The van der Waals surface area contributed by atoms with Gasteiger partial charge in [0.2, 0.25) is 0 Å². The fourth-order valence-electron chi connectivity index (χ4n) is 1.44. The summed E-state index contributed by atoms with van der Waals surface area (Å²) in [6.45, 7) is 0.520. The molecule has 0 atom stereocenters. The number of hydrogen-bond acceptors (Lipinski definition) is 4. The maximum Gasteiger partial charge on any atom is 0.124 e. The molecular formula is C11H10ClN3OS. The molecule has 6 heteroatoms.